The fourth-order valence-corrected chi connectivity index (χ4v) is 3.61. The maximum atomic E-state index is 12.9. The second-order valence-corrected chi connectivity index (χ2v) is 8.03. The summed E-state index contributed by atoms with van der Waals surface area (Å²) in [7, 11) is 0. The number of ether oxygens (including phenoxy) is 2. The second-order valence-electron chi connectivity index (χ2n) is 8.03. The molecular weight excluding hydrogens is 544 g/mol. The van der Waals surface area contributed by atoms with Crippen LogP contribution in [0.25, 0.3) is 0 Å². The number of alkyl halides is 6. The molecule has 39 heavy (non-hydrogen) atoms. The highest BCUT2D eigenvalue weighted by Gasteiger charge is 2.47. The zero-order valence-electron chi connectivity index (χ0n) is 19.9. The van der Waals surface area contributed by atoms with Gasteiger partial charge in [-0.2, -0.15) is 26.3 Å². The summed E-state index contributed by atoms with van der Waals surface area (Å²) in [6.07, 6.45) is -3.29. The number of rotatable bonds is 4. The van der Waals surface area contributed by atoms with Crippen molar-refractivity contribution >= 4 is 17.8 Å². The normalized spacial score (nSPS) is 20.5. The fourth-order valence-electron chi connectivity index (χ4n) is 3.61. The van der Waals surface area contributed by atoms with Gasteiger partial charge in [0.2, 0.25) is 0 Å². The molecule has 2 aromatic heterocycles. The summed E-state index contributed by atoms with van der Waals surface area (Å²) in [4.78, 5) is 40.8. The van der Waals surface area contributed by atoms with Crippen LogP contribution in [0.1, 0.15) is 28.9 Å². The molecule has 2 aliphatic heterocycles. The van der Waals surface area contributed by atoms with Crippen LogP contribution in [0.15, 0.2) is 48.9 Å². The number of carboxylic acids is 2. The number of hydrogen-bond donors (Lipinski definition) is 2. The smallest absolute Gasteiger partial charge is 0.475 e. The van der Waals surface area contributed by atoms with Crippen LogP contribution in [0.5, 0.6) is 0 Å². The van der Waals surface area contributed by atoms with Crippen molar-refractivity contribution in [2.75, 3.05) is 13.2 Å². The minimum Gasteiger partial charge on any atom is -0.475 e. The van der Waals surface area contributed by atoms with Crippen LogP contribution in [0.3, 0.4) is 0 Å². The number of aliphatic carboxylic acids is 2. The Hall–Kier alpha value is -3.79. The Morgan fingerprint density at radius 2 is 1.56 bits per heavy atom. The zero-order chi connectivity index (χ0) is 29.2. The second kappa shape index (κ2) is 13.8. The summed E-state index contributed by atoms with van der Waals surface area (Å²) in [5.74, 6) is -5.56. The summed E-state index contributed by atoms with van der Waals surface area (Å²) < 4.78 is 75.5. The molecular formula is C23H23F6N3O7. The van der Waals surface area contributed by atoms with E-state index >= 15 is 0 Å². The average Bonchev–Trinajstić information content (AvgIpc) is 3.26. The molecule has 2 aliphatic rings. The number of nitrogens with zero attached hydrogens (tertiary/aromatic N) is 3. The molecule has 0 saturated carbocycles. The zero-order valence-corrected chi connectivity index (χ0v) is 19.9. The first-order valence-corrected chi connectivity index (χ1v) is 11.2. The van der Waals surface area contributed by atoms with Crippen molar-refractivity contribution in [2.45, 2.75) is 50.1 Å². The quantitative estimate of drug-likeness (QED) is 0.533. The molecule has 10 nitrogen and oxygen atoms in total. The Balaban J connectivity index is 0.000000317. The average molecular weight is 567 g/mol. The van der Waals surface area contributed by atoms with Crippen molar-refractivity contribution in [3.63, 3.8) is 0 Å². The van der Waals surface area contributed by atoms with Gasteiger partial charge in [0.15, 0.2) is 0 Å². The van der Waals surface area contributed by atoms with Gasteiger partial charge < -0.3 is 24.6 Å². The van der Waals surface area contributed by atoms with Gasteiger partial charge in [0.1, 0.15) is 17.9 Å². The number of carboxylic acid groups (broad SMARTS) is 2. The van der Waals surface area contributed by atoms with Crippen LogP contribution < -0.4 is 0 Å². The van der Waals surface area contributed by atoms with E-state index in [1.165, 1.54) is 0 Å². The molecule has 4 heterocycles. The molecule has 0 bridgehead atoms. The molecule has 3 atom stereocenters. The monoisotopic (exact) mass is 567 g/mol. The number of fused-ring (bicyclic) bond motifs is 1. The molecule has 0 aliphatic carbocycles. The van der Waals surface area contributed by atoms with Crippen LogP contribution in [-0.2, 0) is 25.7 Å². The van der Waals surface area contributed by atoms with Gasteiger partial charge >= 0.3 is 24.3 Å². The minimum atomic E-state index is -5.08. The SMILES string of the molecule is O=C(O)C(F)(F)F.O=C(O)C(F)(F)F.O=C(c1ccccn1)N1C[C@@H](OCc2ccncc2)[C@H]2OCCC[C@H]21. The molecule has 2 aromatic rings. The third kappa shape index (κ3) is 9.79. The number of aromatic nitrogens is 2. The first kappa shape index (κ1) is 31.4. The van der Waals surface area contributed by atoms with E-state index in [0.29, 0.717) is 18.8 Å². The summed E-state index contributed by atoms with van der Waals surface area (Å²) >= 11 is 0. The standard InChI is InChI=1S/C19H21N3O3.2C2HF3O2/c23-19(15-4-1-2-8-21-15)22-12-17(18-16(22)5-3-11-24-18)25-13-14-6-9-20-10-7-14;2*3-2(4,5)1(6)7/h1-2,4,6-10,16-18H,3,5,11-13H2;2*(H,6,7)/t16-,17-,18+;;/m1../s1. The lowest BCUT2D eigenvalue weighted by Gasteiger charge is -2.32. The van der Waals surface area contributed by atoms with Gasteiger partial charge in [0.05, 0.1) is 19.2 Å². The number of carbonyl (C=O) groups excluding carboxylic acids is 1. The van der Waals surface area contributed by atoms with Gasteiger partial charge in [-0.25, -0.2) is 9.59 Å². The van der Waals surface area contributed by atoms with E-state index in [4.69, 9.17) is 29.3 Å². The molecule has 1 amide bonds. The molecule has 214 valence electrons. The van der Waals surface area contributed by atoms with E-state index in [1.54, 1.807) is 24.7 Å². The van der Waals surface area contributed by atoms with Crippen molar-refractivity contribution in [1.82, 2.24) is 14.9 Å². The van der Waals surface area contributed by atoms with E-state index in [0.717, 1.165) is 25.0 Å². The van der Waals surface area contributed by atoms with Gasteiger partial charge in [-0.1, -0.05) is 6.07 Å². The van der Waals surface area contributed by atoms with Gasteiger partial charge in [-0.15, -0.1) is 0 Å². The lowest BCUT2D eigenvalue weighted by atomic mass is 10.0. The highest BCUT2D eigenvalue weighted by Crippen LogP contribution is 2.32. The Morgan fingerprint density at radius 1 is 0.974 bits per heavy atom. The van der Waals surface area contributed by atoms with Crippen LogP contribution in [0.2, 0.25) is 0 Å². The molecule has 2 saturated heterocycles. The van der Waals surface area contributed by atoms with Crippen LogP contribution in [0, 0.1) is 0 Å². The van der Waals surface area contributed by atoms with Gasteiger partial charge in [-0.3, -0.25) is 14.8 Å². The van der Waals surface area contributed by atoms with Gasteiger partial charge in [-0.05, 0) is 42.7 Å². The first-order valence-electron chi connectivity index (χ1n) is 11.2. The number of amides is 1. The number of hydrogen-bond acceptors (Lipinski definition) is 7. The number of halogens is 6. The molecule has 2 N–H and O–H groups in total. The van der Waals surface area contributed by atoms with Crippen molar-refractivity contribution < 1.29 is 60.4 Å². The largest absolute Gasteiger partial charge is 0.490 e. The van der Waals surface area contributed by atoms with Crippen molar-refractivity contribution in [3.8, 4) is 0 Å². The Labute approximate surface area is 217 Å². The summed E-state index contributed by atoms with van der Waals surface area (Å²) in [6, 6.07) is 9.34. The van der Waals surface area contributed by atoms with E-state index < -0.39 is 24.3 Å². The maximum Gasteiger partial charge on any atom is 0.490 e. The third-order valence-corrected chi connectivity index (χ3v) is 5.32. The molecule has 0 spiro atoms. The summed E-state index contributed by atoms with van der Waals surface area (Å²) in [5, 5.41) is 14.2. The first-order chi connectivity index (χ1) is 18.2. The molecule has 0 aromatic carbocycles. The van der Waals surface area contributed by atoms with Crippen molar-refractivity contribution in [1.29, 1.82) is 0 Å². The molecule has 4 rings (SSSR count). The van der Waals surface area contributed by atoms with Crippen LogP contribution in [-0.4, -0.2) is 86.7 Å². The lowest BCUT2D eigenvalue weighted by Crippen LogP contribution is -2.44. The topological polar surface area (TPSA) is 139 Å². The number of pyridine rings is 2. The Morgan fingerprint density at radius 3 is 2.08 bits per heavy atom. The lowest BCUT2D eigenvalue weighted by molar-refractivity contribution is -0.193. The van der Waals surface area contributed by atoms with Gasteiger partial charge in [0.25, 0.3) is 5.91 Å². The highest BCUT2D eigenvalue weighted by atomic mass is 19.4. The summed E-state index contributed by atoms with van der Waals surface area (Å²) in [6.45, 7) is 1.75. The molecule has 0 unspecified atom stereocenters. The summed E-state index contributed by atoms with van der Waals surface area (Å²) in [5.41, 5.74) is 1.54. The van der Waals surface area contributed by atoms with E-state index in [-0.39, 0.29) is 24.2 Å². The van der Waals surface area contributed by atoms with E-state index in [9.17, 15) is 31.1 Å². The van der Waals surface area contributed by atoms with E-state index in [1.807, 2.05) is 29.2 Å². The molecule has 0 radical (unpaired) electrons. The van der Waals surface area contributed by atoms with Gasteiger partial charge in [0, 0.05) is 25.2 Å². The van der Waals surface area contributed by atoms with Crippen molar-refractivity contribution in [3.05, 3.63) is 60.2 Å². The molecule has 2 fully saturated rings. The number of carbonyl (C=O) groups is 3. The van der Waals surface area contributed by atoms with Crippen LogP contribution in [0.4, 0.5) is 26.3 Å². The third-order valence-electron chi connectivity index (χ3n) is 5.32. The van der Waals surface area contributed by atoms with E-state index in [2.05, 4.69) is 9.97 Å². The Bertz CT molecular complexity index is 1060. The number of likely N-dealkylation sites (tertiary alicyclic amines) is 1. The fraction of sp³-hybridized carbons (Fsp3) is 0.435. The van der Waals surface area contributed by atoms with Crippen molar-refractivity contribution in [2.24, 2.45) is 0 Å². The maximum absolute atomic E-state index is 12.9. The Kier molecular flexibility index (Phi) is 11.2. The predicted molar refractivity (Wildman–Crippen MR) is 118 cm³/mol. The predicted octanol–water partition coefficient (Wildman–Crippen LogP) is 3.33. The highest BCUT2D eigenvalue weighted by molar-refractivity contribution is 5.92. The molecule has 16 heteroatoms. The minimum absolute atomic E-state index is 0.0453. The van der Waals surface area contributed by atoms with Crippen LogP contribution >= 0.6 is 0 Å².